The van der Waals surface area contributed by atoms with Crippen LogP contribution in [0.2, 0.25) is 0 Å². The number of fused-ring (bicyclic) bond motifs is 3. The van der Waals surface area contributed by atoms with Crippen LogP contribution in [-0.4, -0.2) is 52.3 Å². The number of hydrogen-bond acceptors (Lipinski definition) is 4. The predicted octanol–water partition coefficient (Wildman–Crippen LogP) is 4.39. The van der Waals surface area contributed by atoms with Crippen LogP contribution in [0, 0.1) is 0 Å². The average Bonchev–Trinajstić information content (AvgIpc) is 3.16. The topological polar surface area (TPSA) is 73.0 Å². The molecule has 0 bridgehead atoms. The Morgan fingerprint density at radius 2 is 1.86 bits per heavy atom. The third-order valence-corrected chi connectivity index (χ3v) is 7.87. The van der Waals surface area contributed by atoms with Crippen molar-refractivity contribution in [2.75, 3.05) is 23.3 Å². The Labute approximate surface area is 207 Å². The van der Waals surface area contributed by atoms with Gasteiger partial charge in [0.1, 0.15) is 5.66 Å². The molecule has 2 aromatic carbocycles. The largest absolute Gasteiger partial charge is 0.326 e. The Hall–Kier alpha value is -3.19. The summed E-state index contributed by atoms with van der Waals surface area (Å²) < 4.78 is 0. The van der Waals surface area contributed by atoms with Crippen molar-refractivity contribution in [3.8, 4) is 0 Å². The molecular weight excluding hydrogens is 440 g/mol. The lowest BCUT2D eigenvalue weighted by molar-refractivity contribution is -0.117. The van der Waals surface area contributed by atoms with E-state index in [-0.39, 0.29) is 30.7 Å². The molecule has 7 nitrogen and oxygen atoms in total. The van der Waals surface area contributed by atoms with E-state index in [0.717, 1.165) is 18.8 Å². The van der Waals surface area contributed by atoms with Crippen molar-refractivity contribution in [2.24, 2.45) is 0 Å². The Morgan fingerprint density at radius 3 is 2.63 bits per heavy atom. The maximum atomic E-state index is 13.3. The number of likely N-dealkylation sites (tertiary alicyclic amines) is 1. The molecule has 1 N–H and O–H groups in total. The molecule has 0 aromatic heterocycles. The molecule has 7 heteroatoms. The van der Waals surface area contributed by atoms with Gasteiger partial charge in [-0.05, 0) is 69.5 Å². The molecule has 2 saturated heterocycles. The zero-order valence-electron chi connectivity index (χ0n) is 20.6. The van der Waals surface area contributed by atoms with Crippen molar-refractivity contribution in [1.82, 2.24) is 9.80 Å². The fourth-order valence-electron chi connectivity index (χ4n) is 5.80. The van der Waals surface area contributed by atoms with Crippen LogP contribution in [-0.2, 0) is 16.1 Å². The maximum Gasteiger partial charge on any atom is 0.257 e. The lowest BCUT2D eigenvalue weighted by atomic mass is 9.98. The molecule has 35 heavy (non-hydrogen) atoms. The van der Waals surface area contributed by atoms with E-state index in [1.54, 1.807) is 21.9 Å². The number of amides is 3. The van der Waals surface area contributed by atoms with Gasteiger partial charge in [0.2, 0.25) is 11.8 Å². The summed E-state index contributed by atoms with van der Waals surface area (Å²) in [7, 11) is 0. The standard InChI is InChI=1S/C28H34N4O3/c1-20-7-5-6-17-30(20)19-21-10-12-22(13-11-21)29-25(33)15-18-31-27(35)23-8-3-4-9-24(23)32-26(34)14-16-28(31,32)2/h3-4,8-13,20H,5-7,14-19H2,1-2H3,(H,29,33). The van der Waals surface area contributed by atoms with Gasteiger partial charge in [-0.25, -0.2) is 0 Å². The molecule has 3 aliphatic rings. The van der Waals surface area contributed by atoms with E-state index < -0.39 is 5.66 Å². The molecule has 0 saturated carbocycles. The highest BCUT2D eigenvalue weighted by Gasteiger charge is 2.52. The van der Waals surface area contributed by atoms with Crippen LogP contribution < -0.4 is 10.2 Å². The van der Waals surface area contributed by atoms with Crippen molar-refractivity contribution in [3.05, 3.63) is 59.7 Å². The van der Waals surface area contributed by atoms with E-state index in [1.165, 1.54) is 24.8 Å². The molecule has 2 unspecified atom stereocenters. The van der Waals surface area contributed by atoms with Crippen LogP contribution in [0.15, 0.2) is 48.5 Å². The predicted molar refractivity (Wildman–Crippen MR) is 136 cm³/mol. The number of rotatable bonds is 6. The number of para-hydroxylation sites is 1. The number of anilines is 2. The first-order valence-corrected chi connectivity index (χ1v) is 12.7. The van der Waals surface area contributed by atoms with Crippen LogP contribution in [0.1, 0.15) is 68.3 Å². The summed E-state index contributed by atoms with van der Waals surface area (Å²) in [4.78, 5) is 44.7. The van der Waals surface area contributed by atoms with Crippen molar-refractivity contribution < 1.29 is 14.4 Å². The minimum absolute atomic E-state index is 0.0148. The van der Waals surface area contributed by atoms with E-state index in [0.29, 0.717) is 30.1 Å². The smallest absolute Gasteiger partial charge is 0.257 e. The van der Waals surface area contributed by atoms with Gasteiger partial charge in [0.25, 0.3) is 5.91 Å². The molecule has 2 fully saturated rings. The average molecular weight is 475 g/mol. The van der Waals surface area contributed by atoms with E-state index in [2.05, 4.69) is 29.3 Å². The molecule has 184 valence electrons. The normalized spacial score (nSPS) is 24.3. The van der Waals surface area contributed by atoms with E-state index in [9.17, 15) is 14.4 Å². The third-order valence-electron chi connectivity index (χ3n) is 7.87. The van der Waals surface area contributed by atoms with Crippen molar-refractivity contribution in [3.63, 3.8) is 0 Å². The second-order valence-corrected chi connectivity index (χ2v) is 10.2. The van der Waals surface area contributed by atoms with Gasteiger partial charge in [0.05, 0.1) is 11.3 Å². The highest BCUT2D eigenvalue weighted by Crippen LogP contribution is 2.44. The lowest BCUT2D eigenvalue weighted by Crippen LogP contribution is -2.62. The summed E-state index contributed by atoms with van der Waals surface area (Å²) in [5, 5.41) is 2.97. The fraction of sp³-hybridized carbons (Fsp3) is 0.464. The third kappa shape index (κ3) is 4.45. The van der Waals surface area contributed by atoms with Gasteiger partial charge in [-0.2, -0.15) is 0 Å². The Kier molecular flexibility index (Phi) is 6.36. The van der Waals surface area contributed by atoms with Crippen LogP contribution in [0.3, 0.4) is 0 Å². The van der Waals surface area contributed by atoms with Crippen LogP contribution in [0.4, 0.5) is 11.4 Å². The van der Waals surface area contributed by atoms with Gasteiger partial charge in [-0.1, -0.05) is 30.7 Å². The highest BCUT2D eigenvalue weighted by atomic mass is 16.2. The first kappa shape index (κ1) is 23.5. The Morgan fingerprint density at radius 1 is 1.09 bits per heavy atom. The molecule has 3 aliphatic heterocycles. The first-order valence-electron chi connectivity index (χ1n) is 12.7. The zero-order valence-corrected chi connectivity index (χ0v) is 20.6. The minimum Gasteiger partial charge on any atom is -0.326 e. The van der Waals surface area contributed by atoms with Gasteiger partial charge in [0, 0.05) is 37.7 Å². The quantitative estimate of drug-likeness (QED) is 0.674. The van der Waals surface area contributed by atoms with Gasteiger partial charge >= 0.3 is 0 Å². The zero-order chi connectivity index (χ0) is 24.6. The van der Waals surface area contributed by atoms with E-state index in [1.807, 2.05) is 31.2 Å². The summed E-state index contributed by atoms with van der Waals surface area (Å²) in [6.45, 7) is 6.54. The van der Waals surface area contributed by atoms with Crippen LogP contribution in [0.25, 0.3) is 0 Å². The summed E-state index contributed by atoms with van der Waals surface area (Å²) >= 11 is 0. The summed E-state index contributed by atoms with van der Waals surface area (Å²) in [6, 6.07) is 15.9. The lowest BCUT2D eigenvalue weighted by Gasteiger charge is -2.48. The molecule has 3 heterocycles. The van der Waals surface area contributed by atoms with Gasteiger partial charge in [0.15, 0.2) is 0 Å². The number of nitrogens with zero attached hydrogens (tertiary/aromatic N) is 3. The highest BCUT2D eigenvalue weighted by molar-refractivity contribution is 6.10. The van der Waals surface area contributed by atoms with E-state index >= 15 is 0 Å². The van der Waals surface area contributed by atoms with Gasteiger partial charge in [-0.3, -0.25) is 24.2 Å². The second-order valence-electron chi connectivity index (χ2n) is 10.2. The molecule has 3 amide bonds. The van der Waals surface area contributed by atoms with Crippen molar-refractivity contribution in [2.45, 2.75) is 70.6 Å². The summed E-state index contributed by atoms with van der Waals surface area (Å²) in [5.74, 6) is -0.257. The number of benzene rings is 2. The second kappa shape index (κ2) is 9.46. The molecule has 0 radical (unpaired) electrons. The molecule has 0 aliphatic carbocycles. The van der Waals surface area contributed by atoms with Crippen LogP contribution in [0.5, 0.6) is 0 Å². The first-order chi connectivity index (χ1) is 16.9. The van der Waals surface area contributed by atoms with Gasteiger partial charge in [-0.15, -0.1) is 0 Å². The van der Waals surface area contributed by atoms with Crippen LogP contribution >= 0.6 is 0 Å². The molecule has 0 spiro atoms. The molecular formula is C28H34N4O3. The van der Waals surface area contributed by atoms with E-state index in [4.69, 9.17) is 0 Å². The number of piperidine rings is 1. The fourth-order valence-corrected chi connectivity index (χ4v) is 5.80. The van der Waals surface area contributed by atoms with Gasteiger partial charge < -0.3 is 10.2 Å². The molecule has 2 aromatic rings. The maximum absolute atomic E-state index is 13.3. The van der Waals surface area contributed by atoms with Crippen molar-refractivity contribution in [1.29, 1.82) is 0 Å². The SMILES string of the molecule is CC1CCCCN1Cc1ccc(NC(=O)CCN2C(=O)c3ccccc3N3C(=O)CCC23C)cc1. The Balaban J connectivity index is 1.22. The number of nitrogens with one attached hydrogen (secondary N) is 1. The minimum atomic E-state index is -0.740. The monoisotopic (exact) mass is 474 g/mol. The Bertz CT molecular complexity index is 1130. The number of hydrogen-bond donors (Lipinski definition) is 1. The number of carbonyl (C=O) groups excluding carboxylic acids is 3. The molecule has 2 atom stereocenters. The summed E-state index contributed by atoms with van der Waals surface area (Å²) in [6.07, 6.45) is 4.94. The van der Waals surface area contributed by atoms with Crippen molar-refractivity contribution >= 4 is 29.1 Å². The summed E-state index contributed by atoms with van der Waals surface area (Å²) in [5.41, 5.74) is 2.44. The molecule has 5 rings (SSSR count). The number of carbonyl (C=O) groups is 3.